The Bertz CT molecular complexity index is 1130. The number of carbonyl (C=O) groups is 1. The third kappa shape index (κ3) is 4.37. The molecule has 0 heterocycles. The Kier molecular flexibility index (Phi) is 5.46. The van der Waals surface area contributed by atoms with Crippen LogP contribution in [-0.4, -0.2) is 14.3 Å². The third-order valence-corrected chi connectivity index (χ3v) is 5.57. The lowest BCUT2D eigenvalue weighted by molar-refractivity contribution is 0.102. The predicted molar refractivity (Wildman–Crippen MR) is 108 cm³/mol. The number of carbonyl (C=O) groups excluding carboxylic acids is 1. The number of hydrogen-bond donors (Lipinski definition) is 2. The topological polar surface area (TPSA) is 75.3 Å². The van der Waals surface area contributed by atoms with Gasteiger partial charge in [-0.2, -0.15) is 0 Å². The lowest BCUT2D eigenvalue weighted by Gasteiger charge is -2.12. The zero-order chi connectivity index (χ0) is 20.3. The molecule has 3 aromatic rings. The summed E-state index contributed by atoms with van der Waals surface area (Å²) in [6.07, 6.45) is 0. The molecule has 0 bridgehead atoms. The van der Waals surface area contributed by atoms with Gasteiger partial charge in [-0.15, -0.1) is 0 Å². The first kappa shape index (κ1) is 19.6. The van der Waals surface area contributed by atoms with Gasteiger partial charge >= 0.3 is 0 Å². The number of rotatable bonds is 5. The van der Waals surface area contributed by atoms with Crippen LogP contribution < -0.4 is 10.0 Å². The highest BCUT2D eigenvalue weighted by atomic mass is 32.2. The highest BCUT2D eigenvalue weighted by Crippen LogP contribution is 2.22. The molecule has 0 spiro atoms. The number of nitrogens with one attached hydrogen (secondary N) is 2. The Labute approximate surface area is 163 Å². The van der Waals surface area contributed by atoms with E-state index in [1.54, 1.807) is 31.2 Å². The van der Waals surface area contributed by atoms with Crippen LogP contribution in [0.15, 0.2) is 71.6 Å². The van der Waals surface area contributed by atoms with Crippen LogP contribution in [0.1, 0.15) is 21.5 Å². The molecule has 5 nitrogen and oxygen atoms in total. The van der Waals surface area contributed by atoms with Crippen LogP contribution in [0.3, 0.4) is 0 Å². The summed E-state index contributed by atoms with van der Waals surface area (Å²) in [6.45, 7) is 3.56. The first-order chi connectivity index (χ1) is 13.3. The summed E-state index contributed by atoms with van der Waals surface area (Å²) < 4.78 is 41.3. The number of benzene rings is 3. The molecule has 0 saturated carbocycles. The fourth-order valence-corrected chi connectivity index (χ4v) is 3.73. The van der Waals surface area contributed by atoms with E-state index in [0.717, 1.165) is 5.56 Å². The zero-order valence-electron chi connectivity index (χ0n) is 15.4. The van der Waals surface area contributed by atoms with Gasteiger partial charge in [0.05, 0.1) is 16.3 Å². The zero-order valence-corrected chi connectivity index (χ0v) is 16.2. The Hall–Kier alpha value is -3.19. The molecular formula is C21H19FN2O3S. The average Bonchev–Trinajstić information content (AvgIpc) is 2.65. The van der Waals surface area contributed by atoms with Crippen LogP contribution in [0.4, 0.5) is 15.8 Å². The second kappa shape index (κ2) is 7.82. The van der Waals surface area contributed by atoms with Gasteiger partial charge in [-0.25, -0.2) is 12.8 Å². The minimum absolute atomic E-state index is 0.0781. The van der Waals surface area contributed by atoms with Gasteiger partial charge in [0.25, 0.3) is 15.9 Å². The summed E-state index contributed by atoms with van der Waals surface area (Å²) in [5, 5.41) is 2.50. The summed E-state index contributed by atoms with van der Waals surface area (Å²) in [5.74, 6) is -1.02. The highest BCUT2D eigenvalue weighted by molar-refractivity contribution is 7.92. The van der Waals surface area contributed by atoms with Crippen molar-refractivity contribution in [2.45, 2.75) is 18.7 Å². The van der Waals surface area contributed by atoms with E-state index in [9.17, 15) is 17.6 Å². The Morgan fingerprint density at radius 1 is 0.893 bits per heavy atom. The quantitative estimate of drug-likeness (QED) is 0.665. The van der Waals surface area contributed by atoms with E-state index in [-0.39, 0.29) is 10.6 Å². The number of amides is 1. The molecule has 1 amide bonds. The summed E-state index contributed by atoms with van der Waals surface area (Å²) in [4.78, 5) is 12.5. The third-order valence-electron chi connectivity index (χ3n) is 4.19. The van der Waals surface area contributed by atoms with Gasteiger partial charge in [0.15, 0.2) is 0 Å². The molecule has 0 atom stereocenters. The van der Waals surface area contributed by atoms with Gasteiger partial charge in [0.1, 0.15) is 5.82 Å². The second-order valence-corrected chi connectivity index (χ2v) is 8.06. The summed E-state index contributed by atoms with van der Waals surface area (Å²) in [7, 11) is -3.74. The van der Waals surface area contributed by atoms with E-state index < -0.39 is 21.7 Å². The van der Waals surface area contributed by atoms with E-state index in [0.29, 0.717) is 16.8 Å². The van der Waals surface area contributed by atoms with Gasteiger partial charge in [0.2, 0.25) is 0 Å². The first-order valence-electron chi connectivity index (χ1n) is 8.52. The monoisotopic (exact) mass is 398 g/mol. The maximum Gasteiger partial charge on any atom is 0.261 e. The first-order valence-corrected chi connectivity index (χ1v) is 10.0. The van der Waals surface area contributed by atoms with E-state index in [4.69, 9.17) is 0 Å². The minimum atomic E-state index is -3.74. The molecule has 3 rings (SSSR count). The van der Waals surface area contributed by atoms with E-state index in [2.05, 4.69) is 10.0 Å². The Balaban J connectivity index is 1.79. The Morgan fingerprint density at radius 3 is 2.21 bits per heavy atom. The molecule has 0 unspecified atom stereocenters. The Morgan fingerprint density at radius 2 is 1.57 bits per heavy atom. The van der Waals surface area contributed by atoms with Gasteiger partial charge in [-0.1, -0.05) is 29.8 Å². The smallest absolute Gasteiger partial charge is 0.261 e. The number of hydrogen-bond acceptors (Lipinski definition) is 3. The van der Waals surface area contributed by atoms with Crippen molar-refractivity contribution in [3.63, 3.8) is 0 Å². The van der Waals surface area contributed by atoms with Crippen LogP contribution in [0.2, 0.25) is 0 Å². The van der Waals surface area contributed by atoms with Crippen molar-refractivity contribution in [2.75, 3.05) is 10.0 Å². The van der Waals surface area contributed by atoms with Gasteiger partial charge in [-0.3, -0.25) is 9.52 Å². The van der Waals surface area contributed by atoms with Crippen LogP contribution in [0.5, 0.6) is 0 Å². The minimum Gasteiger partial charge on any atom is -0.319 e. The lowest BCUT2D eigenvalue weighted by atomic mass is 10.1. The molecule has 0 aliphatic carbocycles. The van der Waals surface area contributed by atoms with Crippen molar-refractivity contribution >= 4 is 27.3 Å². The van der Waals surface area contributed by atoms with Crippen LogP contribution in [-0.2, 0) is 10.0 Å². The fraction of sp³-hybridized carbons (Fsp3) is 0.0952. The lowest BCUT2D eigenvalue weighted by Crippen LogP contribution is -2.15. The maximum atomic E-state index is 13.7. The van der Waals surface area contributed by atoms with Crippen molar-refractivity contribution in [1.29, 1.82) is 0 Å². The van der Waals surface area contributed by atoms with Crippen molar-refractivity contribution in [3.05, 3.63) is 89.2 Å². The number of aryl methyl sites for hydroxylation is 2. The number of anilines is 2. The molecule has 2 N–H and O–H groups in total. The summed E-state index contributed by atoms with van der Waals surface area (Å²) in [5.41, 5.74) is 2.26. The highest BCUT2D eigenvalue weighted by Gasteiger charge is 2.16. The molecule has 28 heavy (non-hydrogen) atoms. The molecule has 7 heteroatoms. The average molecular weight is 398 g/mol. The molecule has 0 radical (unpaired) electrons. The molecule has 0 aliphatic rings. The SMILES string of the molecule is Cc1ccc(S(=O)(=O)Nc2ccc(C(=O)Nc3ccccc3F)cc2C)cc1. The molecule has 0 saturated heterocycles. The summed E-state index contributed by atoms with van der Waals surface area (Å²) >= 11 is 0. The number of para-hydroxylation sites is 1. The molecule has 0 aromatic heterocycles. The van der Waals surface area contributed by atoms with Crippen LogP contribution in [0, 0.1) is 19.7 Å². The molecule has 0 aliphatic heterocycles. The van der Waals surface area contributed by atoms with Crippen molar-refractivity contribution in [3.8, 4) is 0 Å². The van der Waals surface area contributed by atoms with Gasteiger partial charge in [-0.05, 0) is 61.9 Å². The standard InChI is InChI=1S/C21H19FN2O3S/c1-14-7-10-17(11-8-14)28(26,27)24-19-12-9-16(13-15(19)2)21(25)23-20-6-4-3-5-18(20)22/h3-13,24H,1-2H3,(H,23,25). The predicted octanol–water partition coefficient (Wildman–Crippen LogP) is 4.50. The molecule has 3 aromatic carbocycles. The van der Waals surface area contributed by atoms with Gasteiger partial charge in [0, 0.05) is 5.56 Å². The van der Waals surface area contributed by atoms with Crippen molar-refractivity contribution < 1.29 is 17.6 Å². The van der Waals surface area contributed by atoms with Crippen molar-refractivity contribution in [2.24, 2.45) is 0 Å². The summed E-state index contributed by atoms with van der Waals surface area (Å²) in [6, 6.07) is 16.9. The van der Waals surface area contributed by atoms with E-state index in [1.807, 2.05) is 6.92 Å². The van der Waals surface area contributed by atoms with Crippen LogP contribution in [0.25, 0.3) is 0 Å². The van der Waals surface area contributed by atoms with Gasteiger partial charge < -0.3 is 5.32 Å². The molecular weight excluding hydrogens is 379 g/mol. The van der Waals surface area contributed by atoms with E-state index >= 15 is 0 Å². The largest absolute Gasteiger partial charge is 0.319 e. The molecule has 0 fully saturated rings. The fourth-order valence-electron chi connectivity index (χ4n) is 2.60. The molecule has 144 valence electrons. The van der Waals surface area contributed by atoms with Crippen molar-refractivity contribution in [1.82, 2.24) is 0 Å². The number of sulfonamides is 1. The van der Waals surface area contributed by atoms with Crippen LogP contribution >= 0.6 is 0 Å². The maximum absolute atomic E-state index is 13.7. The van der Waals surface area contributed by atoms with E-state index in [1.165, 1.54) is 42.5 Å². The normalized spacial score (nSPS) is 11.1. The second-order valence-electron chi connectivity index (χ2n) is 6.38. The number of halogens is 1.